The fourth-order valence-corrected chi connectivity index (χ4v) is 5.73. The summed E-state index contributed by atoms with van der Waals surface area (Å²) >= 11 is 9.73. The summed E-state index contributed by atoms with van der Waals surface area (Å²) < 4.78 is 0. The second-order valence-corrected chi connectivity index (χ2v) is 9.10. The maximum atomic E-state index is 6.26. The zero-order valence-electron chi connectivity index (χ0n) is 15.1. The number of aliphatic imine (C=N–C) groups is 2. The fourth-order valence-electron chi connectivity index (χ4n) is 3.55. The molecular formula is C21H19ClN4S2. The van der Waals surface area contributed by atoms with Crippen LogP contribution in [-0.2, 0) is 13.0 Å². The van der Waals surface area contributed by atoms with Gasteiger partial charge in [-0.05, 0) is 29.5 Å². The van der Waals surface area contributed by atoms with E-state index in [9.17, 15) is 0 Å². The minimum Gasteiger partial charge on any atom is -0.335 e. The number of nitrogens with zero attached hydrogens (tertiary/aromatic N) is 3. The van der Waals surface area contributed by atoms with Gasteiger partial charge in [0.1, 0.15) is 0 Å². The smallest absolute Gasteiger partial charge is 0.168 e. The first-order valence-corrected chi connectivity index (χ1v) is 11.5. The highest BCUT2D eigenvalue weighted by Gasteiger charge is 2.32. The van der Waals surface area contributed by atoms with Crippen molar-refractivity contribution in [3.8, 4) is 0 Å². The second kappa shape index (κ2) is 7.85. The molecule has 142 valence electrons. The van der Waals surface area contributed by atoms with Crippen molar-refractivity contribution in [2.24, 2.45) is 9.98 Å². The number of rotatable bonds is 4. The predicted octanol–water partition coefficient (Wildman–Crippen LogP) is 5.23. The highest BCUT2D eigenvalue weighted by atomic mass is 35.5. The second-order valence-electron chi connectivity index (χ2n) is 6.89. The van der Waals surface area contributed by atoms with E-state index in [-0.39, 0.29) is 0 Å². The van der Waals surface area contributed by atoms with Crippen molar-refractivity contribution < 1.29 is 0 Å². The van der Waals surface area contributed by atoms with Crippen molar-refractivity contribution in [2.75, 3.05) is 17.6 Å². The Hall–Kier alpha value is -1.89. The van der Waals surface area contributed by atoms with Crippen molar-refractivity contribution in [3.05, 3.63) is 75.8 Å². The maximum Gasteiger partial charge on any atom is 0.168 e. The monoisotopic (exact) mass is 426 g/mol. The van der Waals surface area contributed by atoms with Gasteiger partial charge in [0.25, 0.3) is 0 Å². The van der Waals surface area contributed by atoms with E-state index in [0.717, 1.165) is 45.3 Å². The van der Waals surface area contributed by atoms with Crippen LogP contribution in [0.2, 0.25) is 5.02 Å². The highest BCUT2D eigenvalue weighted by molar-refractivity contribution is 8.17. The summed E-state index contributed by atoms with van der Waals surface area (Å²) in [5, 5.41) is 8.48. The lowest BCUT2D eigenvalue weighted by Crippen LogP contribution is -2.26. The van der Waals surface area contributed by atoms with Gasteiger partial charge in [0.05, 0.1) is 12.6 Å². The van der Waals surface area contributed by atoms with E-state index < -0.39 is 0 Å². The minimum absolute atomic E-state index is 0.331. The van der Waals surface area contributed by atoms with E-state index in [1.165, 1.54) is 11.3 Å². The molecule has 0 aliphatic carbocycles. The fraction of sp³-hybridized carbons (Fsp3) is 0.238. The number of hydrogen-bond acceptors (Lipinski definition) is 6. The molecular weight excluding hydrogens is 408 g/mol. The van der Waals surface area contributed by atoms with E-state index >= 15 is 0 Å². The van der Waals surface area contributed by atoms with Crippen LogP contribution in [0.3, 0.4) is 0 Å². The van der Waals surface area contributed by atoms with E-state index in [4.69, 9.17) is 16.6 Å². The van der Waals surface area contributed by atoms with Gasteiger partial charge in [0.15, 0.2) is 10.3 Å². The van der Waals surface area contributed by atoms with E-state index in [2.05, 4.69) is 57.0 Å². The van der Waals surface area contributed by atoms with Crippen molar-refractivity contribution in [1.29, 1.82) is 0 Å². The van der Waals surface area contributed by atoms with Crippen molar-refractivity contribution in [1.82, 2.24) is 4.90 Å². The Labute approximate surface area is 178 Å². The topological polar surface area (TPSA) is 40.0 Å². The summed E-state index contributed by atoms with van der Waals surface area (Å²) in [6.07, 6.45) is 0.994. The Morgan fingerprint density at radius 2 is 2.07 bits per heavy atom. The van der Waals surface area contributed by atoms with Crippen LogP contribution in [0.15, 0.2) is 69.6 Å². The number of benzene rings is 2. The third-order valence-electron chi connectivity index (χ3n) is 4.98. The molecule has 4 nitrogen and oxygen atoms in total. The number of fused-ring (bicyclic) bond motifs is 2. The molecule has 2 aromatic rings. The number of nitrogens with one attached hydrogen (secondary N) is 1. The molecule has 0 bridgehead atoms. The van der Waals surface area contributed by atoms with Gasteiger partial charge in [0, 0.05) is 34.3 Å². The van der Waals surface area contributed by atoms with Gasteiger partial charge in [-0.1, -0.05) is 71.5 Å². The first-order valence-electron chi connectivity index (χ1n) is 9.23. The maximum absolute atomic E-state index is 6.26. The number of anilines is 1. The lowest BCUT2D eigenvalue weighted by atomic mass is 10.1. The first kappa shape index (κ1) is 18.2. The number of thioether (sulfide) groups is 2. The van der Waals surface area contributed by atoms with Crippen molar-refractivity contribution in [3.63, 3.8) is 0 Å². The van der Waals surface area contributed by atoms with Crippen LogP contribution in [0, 0.1) is 0 Å². The third-order valence-corrected chi connectivity index (χ3v) is 7.20. The summed E-state index contributed by atoms with van der Waals surface area (Å²) in [6, 6.07) is 16.9. The molecule has 7 heteroatoms. The Kier molecular flexibility index (Phi) is 5.09. The van der Waals surface area contributed by atoms with Crippen LogP contribution in [0.5, 0.6) is 0 Å². The van der Waals surface area contributed by atoms with Gasteiger partial charge in [-0.2, -0.15) is 0 Å². The van der Waals surface area contributed by atoms with Crippen LogP contribution in [0.25, 0.3) is 0 Å². The molecule has 0 fully saturated rings. The lowest BCUT2D eigenvalue weighted by molar-refractivity contribution is 0.512. The standard InChI is InChI=1S/C21H19ClN4S2/c22-18-7-4-8-19-17(18)10-23-20(25-19)27-12-16-13-28-21-24-15(11-26(16)21)9-14-5-2-1-3-6-14/h1-8,13,15H,9-12H2,(H,23,25). The predicted molar refractivity (Wildman–Crippen MR) is 122 cm³/mol. The Balaban J connectivity index is 1.18. The summed E-state index contributed by atoms with van der Waals surface area (Å²) in [7, 11) is 0. The van der Waals surface area contributed by atoms with Crippen LogP contribution < -0.4 is 5.32 Å². The molecule has 28 heavy (non-hydrogen) atoms. The molecule has 0 spiro atoms. The van der Waals surface area contributed by atoms with Crippen LogP contribution in [0.4, 0.5) is 5.69 Å². The van der Waals surface area contributed by atoms with Crippen molar-refractivity contribution >= 4 is 51.1 Å². The van der Waals surface area contributed by atoms with E-state index in [1.807, 2.05) is 12.1 Å². The largest absolute Gasteiger partial charge is 0.335 e. The molecule has 3 heterocycles. The molecule has 1 unspecified atom stereocenters. The lowest BCUT2D eigenvalue weighted by Gasteiger charge is -2.21. The summed E-state index contributed by atoms with van der Waals surface area (Å²) in [5.41, 5.74) is 4.79. The zero-order chi connectivity index (χ0) is 18.9. The third kappa shape index (κ3) is 3.69. The van der Waals surface area contributed by atoms with E-state index in [1.54, 1.807) is 23.5 Å². The highest BCUT2D eigenvalue weighted by Crippen LogP contribution is 2.35. The summed E-state index contributed by atoms with van der Waals surface area (Å²) in [5.74, 6) is 0.881. The molecule has 2 aromatic carbocycles. The normalized spacial score (nSPS) is 20.1. The first-order chi connectivity index (χ1) is 13.8. The average Bonchev–Trinajstić information content (AvgIpc) is 3.28. The van der Waals surface area contributed by atoms with Gasteiger partial charge >= 0.3 is 0 Å². The van der Waals surface area contributed by atoms with Gasteiger partial charge in [-0.25, -0.2) is 0 Å². The molecule has 0 aromatic heterocycles. The molecule has 0 radical (unpaired) electrons. The molecule has 0 amide bonds. The van der Waals surface area contributed by atoms with E-state index in [0.29, 0.717) is 12.6 Å². The van der Waals surface area contributed by atoms with Crippen LogP contribution in [0.1, 0.15) is 11.1 Å². The van der Waals surface area contributed by atoms with Gasteiger partial charge in [-0.15, -0.1) is 0 Å². The van der Waals surface area contributed by atoms with Crippen LogP contribution in [-0.4, -0.2) is 33.6 Å². The minimum atomic E-state index is 0.331. The number of amidine groups is 2. The Morgan fingerprint density at radius 3 is 2.96 bits per heavy atom. The molecule has 5 rings (SSSR count). The summed E-state index contributed by atoms with van der Waals surface area (Å²) in [6.45, 7) is 1.59. The SMILES string of the molecule is Clc1cccc2c1CN=C(SCC1=CSC3=NC(Cc4ccccc4)CN13)N2. The van der Waals surface area contributed by atoms with Gasteiger partial charge < -0.3 is 10.2 Å². The molecule has 3 aliphatic heterocycles. The average molecular weight is 427 g/mol. The van der Waals surface area contributed by atoms with Crippen LogP contribution >= 0.6 is 35.1 Å². The zero-order valence-corrected chi connectivity index (χ0v) is 17.5. The molecule has 1 atom stereocenters. The quantitative estimate of drug-likeness (QED) is 0.727. The number of hydrogen-bond donors (Lipinski definition) is 1. The summed E-state index contributed by atoms with van der Waals surface area (Å²) in [4.78, 5) is 11.9. The van der Waals surface area contributed by atoms with Gasteiger partial charge in [-0.3, -0.25) is 9.98 Å². The number of halogens is 1. The molecule has 3 aliphatic rings. The molecule has 0 saturated carbocycles. The Morgan fingerprint density at radius 1 is 1.18 bits per heavy atom. The van der Waals surface area contributed by atoms with Crippen molar-refractivity contribution in [2.45, 2.75) is 19.0 Å². The van der Waals surface area contributed by atoms with Gasteiger partial charge in [0.2, 0.25) is 0 Å². The molecule has 1 N–H and O–H groups in total. The Bertz CT molecular complexity index is 987. The molecule has 0 saturated heterocycles.